The number of nitrogens with zero attached hydrogens (tertiary/aromatic N) is 1. The SMILES string of the molecule is Cc1c(Cl)cccc1Nc1ncc(Br)cc1Cl. The third kappa shape index (κ3) is 2.92. The molecule has 88 valence electrons. The molecule has 1 aromatic heterocycles. The van der Waals surface area contributed by atoms with Gasteiger partial charge < -0.3 is 5.32 Å². The molecule has 0 bridgehead atoms. The number of aromatic nitrogens is 1. The second kappa shape index (κ2) is 5.25. The molecule has 1 heterocycles. The second-order valence-corrected chi connectivity index (χ2v) is 5.25. The van der Waals surface area contributed by atoms with E-state index in [0.29, 0.717) is 15.9 Å². The average Bonchev–Trinajstić information content (AvgIpc) is 2.28. The molecule has 0 amide bonds. The van der Waals surface area contributed by atoms with E-state index in [2.05, 4.69) is 26.2 Å². The van der Waals surface area contributed by atoms with Gasteiger partial charge in [0.2, 0.25) is 0 Å². The molecule has 0 saturated heterocycles. The summed E-state index contributed by atoms with van der Waals surface area (Å²) in [4.78, 5) is 4.21. The Morgan fingerprint density at radius 3 is 2.71 bits per heavy atom. The minimum absolute atomic E-state index is 0.554. The molecule has 0 saturated carbocycles. The van der Waals surface area contributed by atoms with Crippen LogP contribution in [0.25, 0.3) is 0 Å². The number of anilines is 2. The van der Waals surface area contributed by atoms with Crippen molar-refractivity contribution in [3.63, 3.8) is 0 Å². The van der Waals surface area contributed by atoms with E-state index in [1.54, 1.807) is 12.3 Å². The number of hydrogen-bond acceptors (Lipinski definition) is 2. The van der Waals surface area contributed by atoms with Gasteiger partial charge in [-0.15, -0.1) is 0 Å². The smallest absolute Gasteiger partial charge is 0.149 e. The van der Waals surface area contributed by atoms with Crippen LogP contribution in [0.1, 0.15) is 5.56 Å². The van der Waals surface area contributed by atoms with Gasteiger partial charge in [-0.3, -0.25) is 0 Å². The number of hydrogen-bond donors (Lipinski definition) is 1. The van der Waals surface area contributed by atoms with Gasteiger partial charge in [-0.2, -0.15) is 0 Å². The molecule has 0 aliphatic heterocycles. The van der Waals surface area contributed by atoms with Gasteiger partial charge in [0, 0.05) is 21.4 Å². The lowest BCUT2D eigenvalue weighted by atomic mass is 10.2. The first-order valence-electron chi connectivity index (χ1n) is 4.91. The summed E-state index contributed by atoms with van der Waals surface area (Å²) in [5.41, 5.74) is 1.86. The van der Waals surface area contributed by atoms with Crippen LogP contribution in [0.3, 0.4) is 0 Å². The van der Waals surface area contributed by atoms with E-state index in [9.17, 15) is 0 Å². The van der Waals surface area contributed by atoms with E-state index in [-0.39, 0.29) is 0 Å². The lowest BCUT2D eigenvalue weighted by Gasteiger charge is -2.11. The number of benzene rings is 1. The lowest BCUT2D eigenvalue weighted by molar-refractivity contribution is 1.28. The summed E-state index contributed by atoms with van der Waals surface area (Å²) < 4.78 is 0.843. The van der Waals surface area contributed by atoms with Gasteiger partial charge in [-0.25, -0.2) is 4.98 Å². The zero-order chi connectivity index (χ0) is 12.4. The third-order valence-corrected chi connectivity index (χ3v) is 3.46. The van der Waals surface area contributed by atoms with Gasteiger partial charge in [0.05, 0.1) is 5.02 Å². The normalized spacial score (nSPS) is 10.4. The van der Waals surface area contributed by atoms with E-state index in [1.165, 1.54) is 0 Å². The molecule has 2 rings (SSSR count). The van der Waals surface area contributed by atoms with E-state index in [0.717, 1.165) is 15.7 Å². The molecule has 0 unspecified atom stereocenters. The van der Waals surface area contributed by atoms with Crippen LogP contribution >= 0.6 is 39.1 Å². The number of rotatable bonds is 2. The minimum Gasteiger partial charge on any atom is -0.339 e. The molecule has 5 heteroatoms. The van der Waals surface area contributed by atoms with Crippen molar-refractivity contribution in [2.75, 3.05) is 5.32 Å². The zero-order valence-corrected chi connectivity index (χ0v) is 12.1. The quantitative estimate of drug-likeness (QED) is 0.817. The first kappa shape index (κ1) is 12.7. The van der Waals surface area contributed by atoms with Crippen molar-refractivity contribution in [3.8, 4) is 0 Å². The molecule has 0 radical (unpaired) electrons. The Bertz CT molecular complexity index is 558. The molecule has 1 N–H and O–H groups in total. The van der Waals surface area contributed by atoms with Gasteiger partial charge in [-0.05, 0) is 46.6 Å². The van der Waals surface area contributed by atoms with E-state index < -0.39 is 0 Å². The Kier molecular flexibility index (Phi) is 3.92. The van der Waals surface area contributed by atoms with Crippen LogP contribution in [0.15, 0.2) is 34.9 Å². The molecule has 17 heavy (non-hydrogen) atoms. The van der Waals surface area contributed by atoms with Crippen molar-refractivity contribution in [3.05, 3.63) is 50.5 Å². The highest BCUT2D eigenvalue weighted by Crippen LogP contribution is 2.29. The number of nitrogens with one attached hydrogen (secondary N) is 1. The standard InChI is InChI=1S/C12H9BrCl2N2/c1-7-9(14)3-2-4-11(7)17-12-10(15)5-8(13)6-16-12/h2-6H,1H3,(H,16,17). The van der Waals surface area contributed by atoms with Gasteiger partial charge in [0.25, 0.3) is 0 Å². The van der Waals surface area contributed by atoms with Crippen molar-refractivity contribution >= 4 is 50.6 Å². The molecular weight excluding hydrogens is 323 g/mol. The van der Waals surface area contributed by atoms with Gasteiger partial charge >= 0.3 is 0 Å². The maximum atomic E-state index is 6.08. The maximum Gasteiger partial charge on any atom is 0.149 e. The summed E-state index contributed by atoms with van der Waals surface area (Å²) in [7, 11) is 0. The monoisotopic (exact) mass is 330 g/mol. The molecule has 0 aliphatic rings. The highest BCUT2D eigenvalue weighted by atomic mass is 79.9. The Balaban J connectivity index is 2.35. The van der Waals surface area contributed by atoms with Crippen LogP contribution in [0.4, 0.5) is 11.5 Å². The summed E-state index contributed by atoms with van der Waals surface area (Å²) in [5.74, 6) is 0.611. The first-order valence-corrected chi connectivity index (χ1v) is 6.46. The summed E-state index contributed by atoms with van der Waals surface area (Å²) in [6.45, 7) is 1.94. The Morgan fingerprint density at radius 1 is 1.24 bits per heavy atom. The number of pyridine rings is 1. The van der Waals surface area contributed by atoms with Crippen LogP contribution in [0.2, 0.25) is 10.0 Å². The molecule has 0 fully saturated rings. The van der Waals surface area contributed by atoms with Crippen LogP contribution in [-0.2, 0) is 0 Å². The minimum atomic E-state index is 0.554. The Morgan fingerprint density at radius 2 is 2.00 bits per heavy atom. The molecular formula is C12H9BrCl2N2. The van der Waals surface area contributed by atoms with E-state index in [1.807, 2.05) is 25.1 Å². The number of halogens is 3. The fraction of sp³-hybridized carbons (Fsp3) is 0.0833. The molecule has 2 aromatic rings. The van der Waals surface area contributed by atoms with Gasteiger partial charge in [0.15, 0.2) is 0 Å². The van der Waals surface area contributed by atoms with Gasteiger partial charge in [0.1, 0.15) is 5.82 Å². The summed E-state index contributed by atoms with van der Waals surface area (Å²) >= 11 is 15.4. The summed E-state index contributed by atoms with van der Waals surface area (Å²) in [5, 5.41) is 4.43. The van der Waals surface area contributed by atoms with Crippen LogP contribution < -0.4 is 5.32 Å². The van der Waals surface area contributed by atoms with Crippen molar-refractivity contribution in [2.24, 2.45) is 0 Å². The first-order chi connectivity index (χ1) is 8.08. The predicted molar refractivity (Wildman–Crippen MR) is 76.4 cm³/mol. The highest BCUT2D eigenvalue weighted by Gasteiger charge is 2.06. The Hall–Kier alpha value is -0.770. The maximum absolute atomic E-state index is 6.08. The summed E-state index contributed by atoms with van der Waals surface area (Å²) in [6, 6.07) is 7.45. The van der Waals surface area contributed by atoms with E-state index >= 15 is 0 Å². The van der Waals surface area contributed by atoms with Crippen molar-refractivity contribution in [1.29, 1.82) is 0 Å². The van der Waals surface area contributed by atoms with Crippen LogP contribution in [0, 0.1) is 6.92 Å². The van der Waals surface area contributed by atoms with Gasteiger partial charge in [-0.1, -0.05) is 29.3 Å². The molecule has 2 nitrogen and oxygen atoms in total. The van der Waals surface area contributed by atoms with Crippen molar-refractivity contribution in [2.45, 2.75) is 6.92 Å². The van der Waals surface area contributed by atoms with Crippen LogP contribution in [-0.4, -0.2) is 4.98 Å². The lowest BCUT2D eigenvalue weighted by Crippen LogP contribution is -1.96. The molecule has 1 aromatic carbocycles. The zero-order valence-electron chi connectivity index (χ0n) is 8.97. The van der Waals surface area contributed by atoms with Crippen molar-refractivity contribution in [1.82, 2.24) is 4.98 Å². The highest BCUT2D eigenvalue weighted by molar-refractivity contribution is 9.10. The molecule has 0 atom stereocenters. The Labute approximate surface area is 118 Å². The van der Waals surface area contributed by atoms with Crippen LogP contribution in [0.5, 0.6) is 0 Å². The van der Waals surface area contributed by atoms with Crippen molar-refractivity contribution < 1.29 is 0 Å². The predicted octanol–water partition coefficient (Wildman–Crippen LogP) is 5.20. The topological polar surface area (TPSA) is 24.9 Å². The molecule has 0 spiro atoms. The fourth-order valence-corrected chi connectivity index (χ4v) is 2.23. The van der Waals surface area contributed by atoms with E-state index in [4.69, 9.17) is 23.2 Å². The fourth-order valence-electron chi connectivity index (χ4n) is 1.38. The second-order valence-electron chi connectivity index (χ2n) is 3.52. The summed E-state index contributed by atoms with van der Waals surface area (Å²) in [6.07, 6.45) is 1.69. The largest absolute Gasteiger partial charge is 0.339 e. The third-order valence-electron chi connectivity index (χ3n) is 2.33. The average molecular weight is 332 g/mol. The molecule has 0 aliphatic carbocycles.